The van der Waals surface area contributed by atoms with Crippen LogP contribution in [0.1, 0.15) is 69.5 Å². The summed E-state index contributed by atoms with van der Waals surface area (Å²) in [5.74, 6) is 0.299. The second-order valence-electron chi connectivity index (χ2n) is 11.2. The van der Waals surface area contributed by atoms with Gasteiger partial charge in [-0.15, -0.1) is 11.3 Å². The normalized spacial score (nSPS) is 18.3. The molecule has 1 fully saturated rings. The van der Waals surface area contributed by atoms with E-state index in [2.05, 4.69) is 35.2 Å². The lowest BCUT2D eigenvalue weighted by Gasteiger charge is -2.39. The number of thiazole rings is 1. The average molecular weight is 559 g/mol. The molecule has 2 aromatic carbocycles. The van der Waals surface area contributed by atoms with E-state index in [0.717, 1.165) is 73.9 Å². The van der Waals surface area contributed by atoms with Crippen molar-refractivity contribution >= 4 is 28.8 Å². The number of carbonyl (C=O) groups is 2. The minimum absolute atomic E-state index is 0.122. The SMILES string of the molecule is CC(=O)N1CCCCCCCCN(C2CCN(C(=O)Cc3csc(-c4ccccc4)n3)CC2)Cc2ccccc21. The molecule has 2 aliphatic rings. The number of hydrogen-bond acceptors (Lipinski definition) is 5. The summed E-state index contributed by atoms with van der Waals surface area (Å²) < 4.78 is 0. The van der Waals surface area contributed by atoms with Gasteiger partial charge in [0.05, 0.1) is 12.1 Å². The van der Waals surface area contributed by atoms with Crippen molar-refractivity contribution in [2.24, 2.45) is 0 Å². The Morgan fingerprint density at radius 1 is 0.850 bits per heavy atom. The number of piperidine rings is 1. The van der Waals surface area contributed by atoms with Crippen molar-refractivity contribution < 1.29 is 9.59 Å². The van der Waals surface area contributed by atoms with Crippen LogP contribution in [0.25, 0.3) is 10.6 Å². The van der Waals surface area contributed by atoms with E-state index in [9.17, 15) is 9.59 Å². The molecule has 2 aliphatic heterocycles. The molecular weight excluding hydrogens is 516 g/mol. The number of likely N-dealkylation sites (tertiary alicyclic amines) is 1. The Balaban J connectivity index is 1.22. The van der Waals surface area contributed by atoms with Gasteiger partial charge in [-0.05, 0) is 43.9 Å². The summed E-state index contributed by atoms with van der Waals surface area (Å²) in [6.07, 6.45) is 9.51. The minimum Gasteiger partial charge on any atom is -0.342 e. The Kier molecular flexibility index (Phi) is 10.0. The van der Waals surface area contributed by atoms with Crippen LogP contribution in [0.5, 0.6) is 0 Å². The molecule has 0 unspecified atom stereocenters. The first kappa shape index (κ1) is 28.5. The number of aromatic nitrogens is 1. The Hall–Kier alpha value is -3.03. The molecule has 0 radical (unpaired) electrons. The zero-order valence-electron chi connectivity index (χ0n) is 23.8. The number of amides is 2. The van der Waals surface area contributed by atoms with Gasteiger partial charge in [-0.2, -0.15) is 0 Å². The maximum Gasteiger partial charge on any atom is 0.228 e. The summed E-state index contributed by atoms with van der Waals surface area (Å²) in [6, 6.07) is 19.0. The number of benzene rings is 2. The fraction of sp³-hybridized carbons (Fsp3) is 0.485. The maximum absolute atomic E-state index is 13.2. The molecular formula is C33H42N4O2S. The van der Waals surface area contributed by atoms with E-state index >= 15 is 0 Å². The zero-order chi connectivity index (χ0) is 27.7. The Bertz CT molecular complexity index is 1250. The molecule has 0 N–H and O–H groups in total. The molecule has 0 atom stereocenters. The van der Waals surface area contributed by atoms with Gasteiger partial charge in [-0.25, -0.2) is 4.98 Å². The van der Waals surface area contributed by atoms with Gasteiger partial charge in [0.15, 0.2) is 0 Å². The molecule has 0 bridgehead atoms. The van der Waals surface area contributed by atoms with Gasteiger partial charge in [0.2, 0.25) is 11.8 Å². The van der Waals surface area contributed by atoms with Crippen molar-refractivity contribution in [1.29, 1.82) is 0 Å². The highest BCUT2D eigenvalue weighted by Gasteiger charge is 2.28. The first-order chi connectivity index (χ1) is 19.6. The van der Waals surface area contributed by atoms with E-state index in [1.54, 1.807) is 18.3 Å². The van der Waals surface area contributed by atoms with E-state index in [1.807, 2.05) is 39.4 Å². The van der Waals surface area contributed by atoms with E-state index in [1.165, 1.54) is 37.7 Å². The van der Waals surface area contributed by atoms with Gasteiger partial charge in [-0.1, -0.05) is 74.2 Å². The first-order valence-electron chi connectivity index (χ1n) is 15.0. The Morgan fingerprint density at radius 3 is 2.27 bits per heavy atom. The molecule has 40 heavy (non-hydrogen) atoms. The van der Waals surface area contributed by atoms with Crippen LogP contribution in [-0.2, 0) is 22.6 Å². The summed E-state index contributed by atoms with van der Waals surface area (Å²) in [5.41, 5.74) is 4.25. The fourth-order valence-corrected chi connectivity index (χ4v) is 6.93. The number of para-hydroxylation sites is 1. The topological polar surface area (TPSA) is 56.8 Å². The highest BCUT2D eigenvalue weighted by Crippen LogP contribution is 2.28. The van der Waals surface area contributed by atoms with Gasteiger partial charge in [0, 0.05) is 55.8 Å². The summed E-state index contributed by atoms with van der Waals surface area (Å²) in [6.45, 7) is 5.97. The quantitative estimate of drug-likeness (QED) is 0.364. The number of carbonyl (C=O) groups excluding carboxylic acids is 2. The Morgan fingerprint density at radius 2 is 1.52 bits per heavy atom. The first-order valence-corrected chi connectivity index (χ1v) is 15.8. The van der Waals surface area contributed by atoms with Crippen LogP contribution in [0.15, 0.2) is 60.0 Å². The molecule has 0 aliphatic carbocycles. The van der Waals surface area contributed by atoms with E-state index < -0.39 is 0 Å². The van der Waals surface area contributed by atoms with Crippen LogP contribution >= 0.6 is 11.3 Å². The smallest absolute Gasteiger partial charge is 0.228 e. The van der Waals surface area contributed by atoms with Crippen molar-refractivity contribution in [3.05, 3.63) is 71.2 Å². The predicted octanol–water partition coefficient (Wildman–Crippen LogP) is 6.55. The van der Waals surface area contributed by atoms with E-state index in [4.69, 9.17) is 4.98 Å². The van der Waals surface area contributed by atoms with Crippen LogP contribution in [0.4, 0.5) is 5.69 Å². The summed E-state index contributed by atoms with van der Waals surface area (Å²) in [5, 5.41) is 2.99. The maximum atomic E-state index is 13.2. The molecule has 6 nitrogen and oxygen atoms in total. The van der Waals surface area contributed by atoms with Gasteiger partial charge < -0.3 is 9.80 Å². The third-order valence-electron chi connectivity index (χ3n) is 8.35. The van der Waals surface area contributed by atoms with Crippen LogP contribution in [0, 0.1) is 0 Å². The van der Waals surface area contributed by atoms with E-state index in [0.29, 0.717) is 12.5 Å². The number of anilines is 1. The number of fused-ring (bicyclic) bond motifs is 1. The predicted molar refractivity (Wildman–Crippen MR) is 163 cm³/mol. The lowest BCUT2D eigenvalue weighted by molar-refractivity contribution is -0.132. The third-order valence-corrected chi connectivity index (χ3v) is 9.29. The van der Waals surface area contributed by atoms with Crippen molar-refractivity contribution in [2.75, 3.05) is 31.1 Å². The number of hydrogen-bond donors (Lipinski definition) is 0. The highest BCUT2D eigenvalue weighted by molar-refractivity contribution is 7.13. The van der Waals surface area contributed by atoms with Crippen molar-refractivity contribution in [1.82, 2.24) is 14.8 Å². The lowest BCUT2D eigenvalue weighted by Crippen LogP contribution is -2.47. The average Bonchev–Trinajstić information content (AvgIpc) is 3.45. The zero-order valence-corrected chi connectivity index (χ0v) is 24.6. The molecule has 2 amide bonds. The van der Waals surface area contributed by atoms with Crippen LogP contribution in [0.3, 0.4) is 0 Å². The van der Waals surface area contributed by atoms with E-state index in [-0.39, 0.29) is 11.8 Å². The molecule has 3 aromatic rings. The van der Waals surface area contributed by atoms with Gasteiger partial charge >= 0.3 is 0 Å². The molecule has 1 saturated heterocycles. The summed E-state index contributed by atoms with van der Waals surface area (Å²) in [7, 11) is 0. The second-order valence-corrected chi connectivity index (χ2v) is 12.0. The van der Waals surface area contributed by atoms with Crippen LogP contribution < -0.4 is 4.90 Å². The molecule has 0 saturated carbocycles. The molecule has 0 spiro atoms. The summed E-state index contributed by atoms with van der Waals surface area (Å²) in [4.78, 5) is 37.2. The Labute approximate surface area is 243 Å². The monoisotopic (exact) mass is 558 g/mol. The van der Waals surface area contributed by atoms with Gasteiger partial charge in [-0.3, -0.25) is 14.5 Å². The van der Waals surface area contributed by atoms with Crippen molar-refractivity contribution in [3.8, 4) is 10.6 Å². The highest BCUT2D eigenvalue weighted by atomic mass is 32.1. The third kappa shape index (κ3) is 7.38. The summed E-state index contributed by atoms with van der Waals surface area (Å²) >= 11 is 1.60. The molecule has 3 heterocycles. The number of rotatable bonds is 4. The number of nitrogens with zero attached hydrogens (tertiary/aromatic N) is 4. The largest absolute Gasteiger partial charge is 0.342 e. The van der Waals surface area contributed by atoms with Crippen LogP contribution in [-0.4, -0.2) is 58.8 Å². The van der Waals surface area contributed by atoms with Crippen LogP contribution in [0.2, 0.25) is 0 Å². The molecule has 1 aromatic heterocycles. The minimum atomic E-state index is 0.122. The fourth-order valence-electron chi connectivity index (χ4n) is 6.11. The second kappa shape index (κ2) is 14.0. The molecule has 212 valence electrons. The van der Waals surface area contributed by atoms with Crippen molar-refractivity contribution in [3.63, 3.8) is 0 Å². The van der Waals surface area contributed by atoms with Gasteiger partial charge in [0.25, 0.3) is 0 Å². The lowest BCUT2D eigenvalue weighted by atomic mass is 10.0. The standard InChI is InChI=1S/C33H42N4O2S/c1-26(38)37-20-12-5-3-2-4-11-19-36(24-28-15-9-10-16-31(28)37)30-17-21-35(22-18-30)32(39)23-29-25-40-33(34-29)27-13-7-6-8-14-27/h6-10,13-16,25,30H,2-5,11-12,17-24H2,1H3. The van der Waals surface area contributed by atoms with Gasteiger partial charge in [0.1, 0.15) is 5.01 Å². The van der Waals surface area contributed by atoms with Crippen molar-refractivity contribution in [2.45, 2.75) is 77.3 Å². The molecule has 5 rings (SSSR count). The molecule has 7 heteroatoms.